The van der Waals surface area contributed by atoms with Crippen molar-refractivity contribution in [2.75, 3.05) is 38.5 Å². The molecule has 0 saturated carbocycles. The molecule has 0 saturated heterocycles. The Morgan fingerprint density at radius 1 is 1.03 bits per heavy atom. The summed E-state index contributed by atoms with van der Waals surface area (Å²) in [5, 5.41) is 20.5. The molecule has 3 amide bonds. The van der Waals surface area contributed by atoms with Gasteiger partial charge in [-0.3, -0.25) is 14.4 Å². The van der Waals surface area contributed by atoms with Crippen molar-refractivity contribution in [3.63, 3.8) is 0 Å². The highest BCUT2D eigenvalue weighted by Gasteiger charge is 2.20. The van der Waals surface area contributed by atoms with Crippen LogP contribution in [0, 0.1) is 0 Å². The molecule has 0 fully saturated rings. The zero-order valence-electron chi connectivity index (χ0n) is 16.9. The number of carboxylic acids is 1. The summed E-state index contributed by atoms with van der Waals surface area (Å²) in [5.41, 5.74) is 7.15. The smallest absolute Gasteiger partial charge is 0.243 e. The van der Waals surface area contributed by atoms with Crippen LogP contribution < -0.4 is 37.8 Å². The first-order chi connectivity index (χ1) is 13.8. The van der Waals surface area contributed by atoms with Crippen molar-refractivity contribution in [3.05, 3.63) is 0 Å². The number of carbonyl (C=O) groups excluding carboxylic acids is 4. The highest BCUT2D eigenvalue weighted by molar-refractivity contribution is 7.80. The Balaban J connectivity index is 3.96. The van der Waals surface area contributed by atoms with E-state index in [4.69, 9.17) is 0 Å². The monoisotopic (exact) mass is 436 g/mol. The van der Waals surface area contributed by atoms with E-state index in [1.165, 1.54) is 0 Å². The van der Waals surface area contributed by atoms with Crippen molar-refractivity contribution in [2.24, 2.45) is 0 Å². The average Bonchev–Trinajstić information content (AvgIpc) is 2.70. The van der Waals surface area contributed by atoms with E-state index in [0.717, 1.165) is 38.9 Å². The predicted molar refractivity (Wildman–Crippen MR) is 106 cm³/mol. The lowest BCUT2D eigenvalue weighted by Gasteiger charge is -2.17. The van der Waals surface area contributed by atoms with Gasteiger partial charge in [0.15, 0.2) is 0 Å². The van der Waals surface area contributed by atoms with Gasteiger partial charge < -0.3 is 42.6 Å². The summed E-state index contributed by atoms with van der Waals surface area (Å²) in [7, 11) is 0. The van der Waals surface area contributed by atoms with Crippen LogP contribution >= 0.6 is 12.6 Å². The second-order valence-electron chi connectivity index (χ2n) is 6.71. The predicted octanol–water partition coefficient (Wildman–Crippen LogP) is -6.25. The van der Waals surface area contributed by atoms with E-state index in [2.05, 4.69) is 45.4 Å². The second kappa shape index (κ2) is 17.0. The first kappa shape index (κ1) is 27.1. The molecule has 0 unspecified atom stereocenters. The Morgan fingerprint density at radius 2 is 1.72 bits per heavy atom. The zero-order valence-corrected chi connectivity index (χ0v) is 17.8. The largest absolute Gasteiger partial charge is 0.544 e. The number of thiol groups is 1. The Labute approximate surface area is 176 Å². The number of rotatable bonds is 17. The summed E-state index contributed by atoms with van der Waals surface area (Å²) in [6.45, 7) is 3.36. The van der Waals surface area contributed by atoms with Crippen LogP contribution in [0.5, 0.6) is 0 Å². The molecule has 168 valence electrons. The van der Waals surface area contributed by atoms with Gasteiger partial charge in [0, 0.05) is 31.6 Å². The molecule has 0 aromatic carbocycles. The van der Waals surface area contributed by atoms with Crippen LogP contribution in [-0.2, 0) is 19.2 Å². The molecule has 0 aliphatic carbocycles. The minimum Gasteiger partial charge on any atom is -0.544 e. The van der Waals surface area contributed by atoms with Crippen LogP contribution in [0.4, 0.5) is 0 Å². The number of quaternary nitrogens is 3. The van der Waals surface area contributed by atoms with Gasteiger partial charge in [0.05, 0.1) is 32.1 Å². The number of amides is 3. The normalized spacial score (nSPS) is 12.7. The maximum Gasteiger partial charge on any atom is 0.243 e. The van der Waals surface area contributed by atoms with E-state index in [0.29, 0.717) is 6.54 Å². The van der Waals surface area contributed by atoms with Crippen molar-refractivity contribution in [1.82, 2.24) is 16.0 Å². The molecule has 0 aromatic heterocycles. The molecule has 12 heteroatoms. The van der Waals surface area contributed by atoms with Gasteiger partial charge in [-0.15, -0.1) is 0 Å². The van der Waals surface area contributed by atoms with Gasteiger partial charge in [-0.05, 0) is 12.8 Å². The quantitative estimate of drug-likeness (QED) is 0.0877. The molecule has 0 spiro atoms. The lowest BCUT2D eigenvalue weighted by molar-refractivity contribution is -0.657. The molecule has 29 heavy (non-hydrogen) atoms. The molecule has 0 bridgehead atoms. The molecule has 0 heterocycles. The van der Waals surface area contributed by atoms with Crippen molar-refractivity contribution < 1.29 is 41.1 Å². The molecule has 11 nitrogen and oxygen atoms in total. The Kier molecular flexibility index (Phi) is 15.9. The number of hydrogen-bond acceptors (Lipinski definition) is 6. The number of unbranched alkanes of at least 4 members (excludes halogenated alkanes) is 1. The number of carbonyl (C=O) groups is 4. The molecule has 0 aliphatic rings. The summed E-state index contributed by atoms with van der Waals surface area (Å²) in [6, 6.07) is -1.92. The SMILES string of the molecule is [NH3+]CCC[NH2+]CCCCNC(=O)CNC(=O)[C@H](CS)NC(=O)CC[C@H]([NH3+])C(=O)[O-]. The third-order valence-electron chi connectivity index (χ3n) is 4.13. The molecule has 0 radical (unpaired) electrons. The number of hydrogen-bond donors (Lipinski definition) is 7. The van der Waals surface area contributed by atoms with Crippen LogP contribution in [0.2, 0.25) is 0 Å². The van der Waals surface area contributed by atoms with Crippen LogP contribution in [0.25, 0.3) is 0 Å². The van der Waals surface area contributed by atoms with Crippen LogP contribution in [0.15, 0.2) is 0 Å². The third-order valence-corrected chi connectivity index (χ3v) is 4.49. The molecule has 0 aromatic rings. The molecule has 2 atom stereocenters. The fraction of sp³-hybridized carbons (Fsp3) is 0.765. The summed E-state index contributed by atoms with van der Waals surface area (Å²) in [4.78, 5) is 46.3. The van der Waals surface area contributed by atoms with Crippen LogP contribution in [0.1, 0.15) is 32.1 Å². The molecular formula is C17H36N6O5S+2. The summed E-state index contributed by atoms with van der Waals surface area (Å²) in [6.07, 6.45) is 2.84. The lowest BCUT2D eigenvalue weighted by atomic mass is 10.1. The summed E-state index contributed by atoms with van der Waals surface area (Å²) < 4.78 is 0. The van der Waals surface area contributed by atoms with Gasteiger partial charge in [-0.1, -0.05) is 0 Å². The number of aliphatic carboxylic acids is 1. The molecule has 0 rings (SSSR count). The second-order valence-corrected chi connectivity index (χ2v) is 7.07. The lowest BCUT2D eigenvalue weighted by Crippen LogP contribution is -2.84. The van der Waals surface area contributed by atoms with Crippen LogP contribution in [-0.4, -0.2) is 74.3 Å². The summed E-state index contributed by atoms with van der Waals surface area (Å²) >= 11 is 4.03. The zero-order chi connectivity index (χ0) is 22.1. The maximum atomic E-state index is 12.1. The average molecular weight is 437 g/mol. The van der Waals surface area contributed by atoms with Crippen LogP contribution in [0.3, 0.4) is 0 Å². The van der Waals surface area contributed by atoms with Crippen molar-refractivity contribution in [2.45, 2.75) is 44.2 Å². The van der Waals surface area contributed by atoms with E-state index in [1.807, 2.05) is 0 Å². The topological polar surface area (TPSA) is 199 Å². The molecule has 0 aliphatic heterocycles. The molecule has 11 N–H and O–H groups in total. The Morgan fingerprint density at radius 3 is 2.34 bits per heavy atom. The van der Waals surface area contributed by atoms with E-state index in [-0.39, 0.29) is 31.0 Å². The van der Waals surface area contributed by atoms with Crippen molar-refractivity contribution in [3.8, 4) is 0 Å². The van der Waals surface area contributed by atoms with Gasteiger partial charge in [-0.25, -0.2) is 0 Å². The van der Waals surface area contributed by atoms with Gasteiger partial charge >= 0.3 is 0 Å². The number of nitrogens with two attached hydrogens (primary N) is 1. The highest BCUT2D eigenvalue weighted by Crippen LogP contribution is 1.95. The van der Waals surface area contributed by atoms with E-state index < -0.39 is 29.9 Å². The van der Waals surface area contributed by atoms with Gasteiger partial charge in [0.2, 0.25) is 17.7 Å². The molecular weight excluding hydrogens is 400 g/mol. The number of carboxylic acid groups (broad SMARTS) is 1. The van der Waals surface area contributed by atoms with Crippen molar-refractivity contribution >= 4 is 36.3 Å². The maximum absolute atomic E-state index is 12.1. The first-order valence-corrected chi connectivity index (χ1v) is 10.5. The number of nitrogens with one attached hydrogen (secondary N) is 3. The Hall–Kier alpha value is -1.89. The van der Waals surface area contributed by atoms with Crippen molar-refractivity contribution in [1.29, 1.82) is 0 Å². The first-order valence-electron chi connectivity index (χ1n) is 9.91. The minimum absolute atomic E-state index is 0.00501. The third kappa shape index (κ3) is 14.7. The van der Waals surface area contributed by atoms with E-state index in [1.54, 1.807) is 0 Å². The van der Waals surface area contributed by atoms with E-state index >= 15 is 0 Å². The van der Waals surface area contributed by atoms with Gasteiger partial charge in [0.1, 0.15) is 12.1 Å². The highest BCUT2D eigenvalue weighted by atomic mass is 32.1. The summed E-state index contributed by atoms with van der Waals surface area (Å²) in [5.74, 6) is -2.63. The van der Waals surface area contributed by atoms with E-state index in [9.17, 15) is 24.3 Å². The standard InChI is InChI=1S/C17H34N6O5S/c18-6-3-8-20-7-1-2-9-21-15(25)10-22-16(26)13(11-29)23-14(24)5-4-12(19)17(27)28/h12-13,20,29H,1-11,18-19H2,(H,21,25)(H,22,26)(H,23,24)(H,27,28)/p+2/t12-,13-/m0/s1. The Bertz CT molecular complexity index is 523. The fourth-order valence-corrected chi connectivity index (χ4v) is 2.57. The minimum atomic E-state index is -1.33. The van der Waals surface area contributed by atoms with Gasteiger partial charge in [-0.2, -0.15) is 12.6 Å². The fourth-order valence-electron chi connectivity index (χ4n) is 2.31. The van der Waals surface area contributed by atoms with Gasteiger partial charge in [0.25, 0.3) is 0 Å².